The smallest absolute Gasteiger partial charge is 0.304 e. The highest BCUT2D eigenvalue weighted by atomic mass is 32.2. The molecule has 1 aromatic heterocycles. The zero-order valence-electron chi connectivity index (χ0n) is 10.6. The normalized spacial score (nSPS) is 23.3. The van der Waals surface area contributed by atoms with Crippen molar-refractivity contribution in [3.05, 3.63) is 16.1 Å². The molecule has 0 spiro atoms. The second-order valence-corrected chi connectivity index (χ2v) is 7.89. The lowest BCUT2D eigenvalue weighted by Crippen LogP contribution is -2.48. The van der Waals surface area contributed by atoms with Crippen LogP contribution in [0.1, 0.15) is 17.1 Å². The SMILES string of the molecule is Cc1csc(CN2CCS(=O)(=O)CC2CC(=O)O)n1. The van der Waals surface area contributed by atoms with Gasteiger partial charge in [-0.2, -0.15) is 0 Å². The van der Waals surface area contributed by atoms with E-state index in [1.807, 2.05) is 17.2 Å². The first kappa shape index (κ1) is 14.4. The topological polar surface area (TPSA) is 87.6 Å². The predicted octanol–water partition coefficient (Wildman–Crippen LogP) is 0.525. The summed E-state index contributed by atoms with van der Waals surface area (Å²) in [5, 5.41) is 11.7. The molecule has 19 heavy (non-hydrogen) atoms. The van der Waals surface area contributed by atoms with Crippen molar-refractivity contribution in [3.63, 3.8) is 0 Å². The summed E-state index contributed by atoms with van der Waals surface area (Å²) < 4.78 is 23.2. The Morgan fingerprint density at radius 1 is 1.63 bits per heavy atom. The first-order valence-corrected chi connectivity index (χ1v) is 8.63. The first-order valence-electron chi connectivity index (χ1n) is 5.93. The highest BCUT2D eigenvalue weighted by molar-refractivity contribution is 7.91. The lowest BCUT2D eigenvalue weighted by molar-refractivity contribution is -0.138. The molecule has 0 amide bonds. The van der Waals surface area contributed by atoms with E-state index >= 15 is 0 Å². The van der Waals surface area contributed by atoms with Gasteiger partial charge in [-0.3, -0.25) is 9.69 Å². The second-order valence-electron chi connectivity index (χ2n) is 4.72. The van der Waals surface area contributed by atoms with Gasteiger partial charge in [-0.05, 0) is 6.92 Å². The van der Waals surface area contributed by atoms with E-state index in [2.05, 4.69) is 4.98 Å². The number of aromatic nitrogens is 1. The summed E-state index contributed by atoms with van der Waals surface area (Å²) in [5.41, 5.74) is 0.930. The van der Waals surface area contributed by atoms with E-state index in [1.54, 1.807) is 0 Å². The van der Waals surface area contributed by atoms with E-state index in [-0.39, 0.29) is 17.9 Å². The Morgan fingerprint density at radius 3 is 2.95 bits per heavy atom. The molecule has 6 nitrogen and oxygen atoms in total. The van der Waals surface area contributed by atoms with Crippen LogP contribution in [-0.2, 0) is 21.2 Å². The Balaban J connectivity index is 2.10. The quantitative estimate of drug-likeness (QED) is 0.873. The van der Waals surface area contributed by atoms with Crippen molar-refractivity contribution in [1.29, 1.82) is 0 Å². The number of thiazole rings is 1. The van der Waals surface area contributed by atoms with Crippen molar-refractivity contribution in [1.82, 2.24) is 9.88 Å². The Labute approximate surface area is 116 Å². The largest absolute Gasteiger partial charge is 0.481 e. The lowest BCUT2D eigenvalue weighted by atomic mass is 10.2. The first-order chi connectivity index (χ1) is 8.85. The van der Waals surface area contributed by atoms with E-state index in [1.165, 1.54) is 11.3 Å². The highest BCUT2D eigenvalue weighted by Gasteiger charge is 2.32. The molecule has 1 aliphatic rings. The molecule has 1 aromatic rings. The Kier molecular flexibility index (Phi) is 4.22. The third-order valence-corrected chi connectivity index (χ3v) is 5.72. The maximum absolute atomic E-state index is 11.6. The van der Waals surface area contributed by atoms with E-state index < -0.39 is 21.8 Å². The molecule has 1 fully saturated rings. The molecule has 0 aromatic carbocycles. The Morgan fingerprint density at radius 2 is 2.37 bits per heavy atom. The molecule has 106 valence electrons. The summed E-state index contributed by atoms with van der Waals surface area (Å²) in [5.74, 6) is -0.959. The van der Waals surface area contributed by atoms with E-state index in [9.17, 15) is 13.2 Å². The van der Waals surface area contributed by atoms with Crippen LogP contribution in [0.2, 0.25) is 0 Å². The molecule has 2 heterocycles. The highest BCUT2D eigenvalue weighted by Crippen LogP contribution is 2.19. The van der Waals surface area contributed by atoms with Crippen molar-refractivity contribution < 1.29 is 18.3 Å². The van der Waals surface area contributed by atoms with Crippen LogP contribution in [0.25, 0.3) is 0 Å². The van der Waals surface area contributed by atoms with Gasteiger partial charge in [0.05, 0.1) is 24.5 Å². The summed E-state index contributed by atoms with van der Waals surface area (Å²) in [6, 6.07) is -0.458. The number of aliphatic carboxylic acids is 1. The van der Waals surface area contributed by atoms with Gasteiger partial charge in [0.2, 0.25) is 0 Å². The van der Waals surface area contributed by atoms with E-state index in [0.29, 0.717) is 13.1 Å². The van der Waals surface area contributed by atoms with E-state index in [0.717, 1.165) is 10.7 Å². The Hall–Kier alpha value is -0.990. The van der Waals surface area contributed by atoms with Crippen molar-refractivity contribution in [2.45, 2.75) is 25.9 Å². The van der Waals surface area contributed by atoms with Crippen LogP contribution in [0.3, 0.4) is 0 Å². The predicted molar refractivity (Wildman–Crippen MR) is 72.0 cm³/mol. The van der Waals surface area contributed by atoms with Crippen LogP contribution in [-0.4, -0.2) is 53.5 Å². The van der Waals surface area contributed by atoms with Gasteiger partial charge in [-0.1, -0.05) is 0 Å². The molecule has 1 N–H and O–H groups in total. The molecule has 1 atom stereocenters. The van der Waals surface area contributed by atoms with Gasteiger partial charge in [-0.25, -0.2) is 13.4 Å². The molecule has 0 bridgehead atoms. The molecule has 1 aliphatic heterocycles. The van der Waals surface area contributed by atoms with Crippen LogP contribution in [0.5, 0.6) is 0 Å². The summed E-state index contributed by atoms with van der Waals surface area (Å²) in [6.07, 6.45) is -0.149. The second kappa shape index (κ2) is 5.56. The maximum Gasteiger partial charge on any atom is 0.304 e. The van der Waals surface area contributed by atoms with Gasteiger partial charge >= 0.3 is 5.97 Å². The number of carboxylic acids is 1. The van der Waals surface area contributed by atoms with Crippen molar-refractivity contribution in [2.75, 3.05) is 18.1 Å². The molecule has 8 heteroatoms. The number of nitrogens with zero attached hydrogens (tertiary/aromatic N) is 2. The monoisotopic (exact) mass is 304 g/mol. The summed E-state index contributed by atoms with van der Waals surface area (Å²) in [6.45, 7) is 2.79. The molecule has 1 saturated heterocycles. The van der Waals surface area contributed by atoms with Crippen LogP contribution in [0.4, 0.5) is 0 Å². The molecule has 0 radical (unpaired) electrons. The van der Waals surface area contributed by atoms with E-state index in [4.69, 9.17) is 5.11 Å². The number of carbonyl (C=O) groups is 1. The average molecular weight is 304 g/mol. The number of sulfone groups is 1. The fourth-order valence-corrected chi connectivity index (χ4v) is 4.56. The van der Waals surface area contributed by atoms with Crippen LogP contribution in [0.15, 0.2) is 5.38 Å². The van der Waals surface area contributed by atoms with Crippen LogP contribution >= 0.6 is 11.3 Å². The number of rotatable bonds is 4. The number of carboxylic acid groups (broad SMARTS) is 1. The average Bonchev–Trinajstić information content (AvgIpc) is 2.67. The molecule has 2 rings (SSSR count). The molecule has 1 unspecified atom stereocenters. The summed E-state index contributed by atoms with van der Waals surface area (Å²) >= 11 is 1.51. The fraction of sp³-hybridized carbons (Fsp3) is 0.636. The maximum atomic E-state index is 11.6. The standard InChI is InChI=1S/C11H16N2O4S2/c1-8-6-18-10(12-8)5-13-2-3-19(16,17)7-9(13)4-11(14)15/h6,9H,2-5,7H2,1H3,(H,14,15). The van der Waals surface area contributed by atoms with Gasteiger partial charge in [-0.15, -0.1) is 11.3 Å². The van der Waals surface area contributed by atoms with Crippen molar-refractivity contribution >= 4 is 27.1 Å². The minimum absolute atomic E-state index is 0.0797. The van der Waals surface area contributed by atoms with Crippen LogP contribution in [0, 0.1) is 6.92 Å². The number of hydrogen-bond acceptors (Lipinski definition) is 6. The third kappa shape index (κ3) is 3.99. The minimum Gasteiger partial charge on any atom is -0.481 e. The lowest BCUT2D eigenvalue weighted by Gasteiger charge is -2.33. The van der Waals surface area contributed by atoms with Gasteiger partial charge < -0.3 is 5.11 Å². The minimum atomic E-state index is -3.12. The van der Waals surface area contributed by atoms with Gasteiger partial charge in [0, 0.05) is 23.7 Å². The zero-order valence-corrected chi connectivity index (χ0v) is 12.2. The molecule has 0 aliphatic carbocycles. The number of aryl methyl sites for hydroxylation is 1. The molecule has 0 saturated carbocycles. The van der Waals surface area contributed by atoms with Gasteiger partial charge in [0.25, 0.3) is 0 Å². The zero-order chi connectivity index (χ0) is 14.0. The van der Waals surface area contributed by atoms with Gasteiger partial charge in [0.15, 0.2) is 9.84 Å². The van der Waals surface area contributed by atoms with Gasteiger partial charge in [0.1, 0.15) is 5.01 Å². The fourth-order valence-electron chi connectivity index (χ4n) is 2.17. The van der Waals surface area contributed by atoms with Crippen LogP contribution < -0.4 is 0 Å². The molecular formula is C11H16N2O4S2. The Bertz CT molecular complexity index is 567. The number of hydrogen-bond donors (Lipinski definition) is 1. The van der Waals surface area contributed by atoms with Crippen molar-refractivity contribution in [3.8, 4) is 0 Å². The molecular weight excluding hydrogens is 288 g/mol. The third-order valence-electron chi connectivity index (χ3n) is 3.07. The summed E-state index contributed by atoms with van der Waals surface area (Å²) in [4.78, 5) is 17.1. The van der Waals surface area contributed by atoms with Crippen molar-refractivity contribution in [2.24, 2.45) is 0 Å². The summed E-state index contributed by atoms with van der Waals surface area (Å²) in [7, 11) is -3.12.